The summed E-state index contributed by atoms with van der Waals surface area (Å²) < 4.78 is 11.0. The number of nitrogens with one attached hydrogen (secondary N) is 1. The molecule has 0 saturated carbocycles. The second-order valence-corrected chi connectivity index (χ2v) is 10.9. The maximum absolute atomic E-state index is 12.4. The van der Waals surface area contributed by atoms with Crippen LogP contribution in [0.2, 0.25) is 0 Å². The summed E-state index contributed by atoms with van der Waals surface area (Å²) in [4.78, 5) is 12.4. The van der Waals surface area contributed by atoms with Gasteiger partial charge in [-0.05, 0) is 19.3 Å². The highest BCUT2D eigenvalue weighted by Gasteiger charge is 2.44. The first kappa shape index (κ1) is 36.0. The van der Waals surface area contributed by atoms with Crippen molar-refractivity contribution in [2.75, 3.05) is 13.2 Å². The van der Waals surface area contributed by atoms with Crippen LogP contribution in [0.3, 0.4) is 0 Å². The predicted octanol–water partition coefficient (Wildman–Crippen LogP) is 3.49. The van der Waals surface area contributed by atoms with Crippen LogP contribution in [0, 0.1) is 0 Å². The van der Waals surface area contributed by atoms with Crippen LogP contribution in [-0.2, 0) is 14.3 Å². The smallest absolute Gasteiger partial charge is 0.220 e. The van der Waals surface area contributed by atoms with Crippen LogP contribution >= 0.6 is 0 Å². The third-order valence-electron chi connectivity index (χ3n) is 7.36. The molecular formula is C30H57NO8. The van der Waals surface area contributed by atoms with Crippen LogP contribution < -0.4 is 5.32 Å². The topological polar surface area (TPSA) is 149 Å². The number of amides is 1. The van der Waals surface area contributed by atoms with E-state index in [0.717, 1.165) is 38.5 Å². The van der Waals surface area contributed by atoms with Gasteiger partial charge in [0.1, 0.15) is 24.4 Å². The van der Waals surface area contributed by atoms with E-state index in [1.54, 1.807) is 6.08 Å². The van der Waals surface area contributed by atoms with Gasteiger partial charge in [-0.2, -0.15) is 0 Å². The Morgan fingerprint density at radius 1 is 0.846 bits per heavy atom. The second-order valence-electron chi connectivity index (χ2n) is 10.9. The van der Waals surface area contributed by atoms with Crippen LogP contribution in [0.4, 0.5) is 0 Å². The minimum absolute atomic E-state index is 0.188. The fourth-order valence-corrected chi connectivity index (χ4v) is 4.74. The molecule has 0 aromatic carbocycles. The number of rotatable bonds is 23. The van der Waals surface area contributed by atoms with Crippen LogP contribution in [0.5, 0.6) is 0 Å². The van der Waals surface area contributed by atoms with E-state index in [9.17, 15) is 30.3 Å². The molecule has 0 bridgehead atoms. The summed E-state index contributed by atoms with van der Waals surface area (Å²) >= 11 is 0. The molecule has 0 aromatic rings. The first-order valence-corrected chi connectivity index (χ1v) is 15.4. The maximum Gasteiger partial charge on any atom is 0.220 e. The highest BCUT2D eigenvalue weighted by Crippen LogP contribution is 2.22. The summed E-state index contributed by atoms with van der Waals surface area (Å²) in [5.74, 6) is -0.205. The molecule has 0 aliphatic carbocycles. The largest absolute Gasteiger partial charge is 0.394 e. The highest BCUT2D eigenvalue weighted by molar-refractivity contribution is 5.76. The highest BCUT2D eigenvalue weighted by atomic mass is 16.7. The quantitative estimate of drug-likeness (QED) is 0.0823. The first-order valence-electron chi connectivity index (χ1n) is 15.4. The van der Waals surface area contributed by atoms with E-state index >= 15 is 0 Å². The lowest BCUT2D eigenvalue weighted by atomic mass is 9.99. The summed E-state index contributed by atoms with van der Waals surface area (Å²) in [5, 5.41) is 53.1. The Bertz CT molecular complexity index is 632. The summed E-state index contributed by atoms with van der Waals surface area (Å²) in [5.41, 5.74) is 0. The van der Waals surface area contributed by atoms with Gasteiger partial charge in [-0.1, -0.05) is 103 Å². The van der Waals surface area contributed by atoms with Gasteiger partial charge in [0.25, 0.3) is 0 Å². The van der Waals surface area contributed by atoms with Crippen LogP contribution in [-0.4, -0.2) is 87.5 Å². The molecule has 9 heteroatoms. The van der Waals surface area contributed by atoms with Crippen molar-refractivity contribution in [1.82, 2.24) is 5.32 Å². The van der Waals surface area contributed by atoms with Crippen molar-refractivity contribution in [2.24, 2.45) is 0 Å². The molecule has 1 saturated heterocycles. The minimum Gasteiger partial charge on any atom is -0.394 e. The lowest BCUT2D eigenvalue weighted by Gasteiger charge is -2.40. The fourth-order valence-electron chi connectivity index (χ4n) is 4.74. The number of hydrogen-bond donors (Lipinski definition) is 6. The molecule has 0 radical (unpaired) electrons. The van der Waals surface area contributed by atoms with Crippen molar-refractivity contribution in [3.05, 3.63) is 12.2 Å². The molecule has 39 heavy (non-hydrogen) atoms. The minimum atomic E-state index is -1.56. The molecule has 0 aromatic heterocycles. The fraction of sp³-hybridized carbons (Fsp3) is 0.900. The summed E-state index contributed by atoms with van der Waals surface area (Å²) in [6, 6.07) is -0.792. The van der Waals surface area contributed by atoms with Crippen molar-refractivity contribution in [3.8, 4) is 0 Å². The number of unbranched alkanes of at least 4 members (excludes halogenated alkanes) is 13. The van der Waals surface area contributed by atoms with Crippen molar-refractivity contribution in [2.45, 2.75) is 159 Å². The van der Waals surface area contributed by atoms with Gasteiger partial charge in [0, 0.05) is 6.42 Å². The maximum atomic E-state index is 12.4. The lowest BCUT2D eigenvalue weighted by Crippen LogP contribution is -2.60. The number of ether oxygens (including phenoxy) is 2. The summed E-state index contributed by atoms with van der Waals surface area (Å²) in [6.07, 6.45) is 13.4. The molecule has 230 valence electrons. The second kappa shape index (κ2) is 22.6. The molecular weight excluding hydrogens is 502 g/mol. The zero-order valence-corrected chi connectivity index (χ0v) is 24.4. The van der Waals surface area contributed by atoms with Crippen molar-refractivity contribution in [3.63, 3.8) is 0 Å². The Balaban J connectivity index is 2.47. The molecule has 1 aliphatic rings. The van der Waals surface area contributed by atoms with Gasteiger partial charge in [-0.3, -0.25) is 4.79 Å². The summed E-state index contributed by atoms with van der Waals surface area (Å²) in [7, 11) is 0. The third kappa shape index (κ3) is 15.5. The Morgan fingerprint density at radius 2 is 1.41 bits per heavy atom. The van der Waals surface area contributed by atoms with E-state index in [0.29, 0.717) is 6.42 Å². The van der Waals surface area contributed by atoms with Crippen molar-refractivity contribution < 1.29 is 39.8 Å². The Morgan fingerprint density at radius 3 is 2.00 bits per heavy atom. The number of allylic oxidation sites excluding steroid dienone is 1. The standard InChI is InChI=1S/C30H57NO8/c1-3-5-7-8-9-10-11-12-13-14-15-16-18-19-24(33)23(31-26(34)20-17-6-4-2)22-38-30-29(37)28(36)27(35)25(21-32)39-30/h18-19,23-25,27-30,32-33,35-37H,3-17,20-22H2,1-2H3,(H,31,34)/b19-18-/t23-,24+,25+,27+,28-,29+,30+/m0/s1. The number of aliphatic hydroxyl groups is 5. The first-order chi connectivity index (χ1) is 18.8. The average Bonchev–Trinajstić information content (AvgIpc) is 2.93. The van der Waals surface area contributed by atoms with Gasteiger partial charge in [-0.25, -0.2) is 0 Å². The van der Waals surface area contributed by atoms with E-state index < -0.39 is 49.5 Å². The molecule has 0 unspecified atom stereocenters. The Hall–Kier alpha value is -1.07. The molecule has 1 fully saturated rings. The van der Waals surface area contributed by atoms with Gasteiger partial charge in [0.05, 0.1) is 25.4 Å². The lowest BCUT2D eigenvalue weighted by molar-refractivity contribution is -0.302. The molecule has 1 amide bonds. The van der Waals surface area contributed by atoms with E-state index in [-0.39, 0.29) is 12.5 Å². The van der Waals surface area contributed by atoms with Crippen LogP contribution in [0.15, 0.2) is 12.2 Å². The molecule has 1 heterocycles. The van der Waals surface area contributed by atoms with E-state index in [1.165, 1.54) is 57.8 Å². The van der Waals surface area contributed by atoms with Gasteiger partial charge < -0.3 is 40.3 Å². The zero-order chi connectivity index (χ0) is 28.9. The number of hydrogen-bond acceptors (Lipinski definition) is 8. The van der Waals surface area contributed by atoms with E-state index in [1.807, 2.05) is 6.08 Å². The predicted molar refractivity (Wildman–Crippen MR) is 152 cm³/mol. The monoisotopic (exact) mass is 559 g/mol. The molecule has 1 aliphatic heterocycles. The Kier molecular flexibility index (Phi) is 20.8. The van der Waals surface area contributed by atoms with Gasteiger partial charge in [0.2, 0.25) is 5.91 Å². The van der Waals surface area contributed by atoms with Gasteiger partial charge >= 0.3 is 0 Å². The summed E-state index contributed by atoms with van der Waals surface area (Å²) in [6.45, 7) is 3.54. The van der Waals surface area contributed by atoms with Gasteiger partial charge in [-0.15, -0.1) is 0 Å². The number of aliphatic hydroxyl groups excluding tert-OH is 5. The molecule has 0 spiro atoms. The molecule has 7 atom stereocenters. The van der Waals surface area contributed by atoms with Crippen molar-refractivity contribution in [1.29, 1.82) is 0 Å². The normalized spacial score (nSPS) is 25.2. The third-order valence-corrected chi connectivity index (χ3v) is 7.36. The van der Waals surface area contributed by atoms with Crippen LogP contribution in [0.25, 0.3) is 0 Å². The van der Waals surface area contributed by atoms with E-state index in [4.69, 9.17) is 9.47 Å². The SMILES string of the molecule is CCCCCCCCCCCCC/C=C\[C@@H](O)[C@H](CO[C@@H]1O[C@H](CO)[C@@H](O)[C@H](O)[C@H]1O)NC(=O)CCCCC. The molecule has 9 nitrogen and oxygen atoms in total. The number of carbonyl (C=O) groups is 1. The molecule has 1 rings (SSSR count). The van der Waals surface area contributed by atoms with E-state index in [2.05, 4.69) is 19.2 Å². The average molecular weight is 560 g/mol. The van der Waals surface area contributed by atoms with Crippen molar-refractivity contribution >= 4 is 5.91 Å². The molecule has 6 N–H and O–H groups in total. The number of carbonyl (C=O) groups excluding carboxylic acids is 1. The van der Waals surface area contributed by atoms with Gasteiger partial charge in [0.15, 0.2) is 6.29 Å². The Labute approximate surface area is 236 Å². The zero-order valence-electron chi connectivity index (χ0n) is 24.4. The van der Waals surface area contributed by atoms with Crippen LogP contribution in [0.1, 0.15) is 117 Å².